The zero-order valence-electron chi connectivity index (χ0n) is 9.87. The van der Waals surface area contributed by atoms with Crippen LogP contribution in [-0.2, 0) is 6.42 Å². The van der Waals surface area contributed by atoms with E-state index in [0.29, 0.717) is 6.42 Å². The average Bonchev–Trinajstić information content (AvgIpc) is 2.90. The first-order valence-electron chi connectivity index (χ1n) is 6.12. The van der Waals surface area contributed by atoms with Crippen molar-refractivity contribution in [3.05, 3.63) is 69.5 Å². The van der Waals surface area contributed by atoms with Crippen molar-refractivity contribution < 1.29 is 4.92 Å². The van der Waals surface area contributed by atoms with Crippen LogP contribution in [0, 0.1) is 10.1 Å². The summed E-state index contributed by atoms with van der Waals surface area (Å²) in [5.74, 6) is -0.153. The molecule has 2 aromatic rings. The van der Waals surface area contributed by atoms with Crippen LogP contribution in [0.3, 0.4) is 0 Å². The normalized spacial score (nSPS) is 22.4. The van der Waals surface area contributed by atoms with Crippen molar-refractivity contribution in [1.82, 2.24) is 4.98 Å². The second-order valence-electron chi connectivity index (χ2n) is 4.69. The van der Waals surface area contributed by atoms with Crippen molar-refractivity contribution in [2.24, 2.45) is 0 Å². The van der Waals surface area contributed by atoms with Gasteiger partial charge in [-0.2, -0.15) is 0 Å². The molecule has 0 saturated heterocycles. The summed E-state index contributed by atoms with van der Waals surface area (Å²) in [6.07, 6.45) is 3.22. The van der Waals surface area contributed by atoms with Gasteiger partial charge in [-0.25, -0.2) is 0 Å². The largest absolute Gasteiger partial charge is 0.364 e. The smallest absolute Gasteiger partial charge is 0.225 e. The van der Waals surface area contributed by atoms with Gasteiger partial charge in [0, 0.05) is 23.2 Å². The number of nitro groups is 1. The lowest BCUT2D eigenvalue weighted by Gasteiger charge is -2.27. The molecule has 0 amide bonds. The molecule has 3 rings (SSSR count). The Hall–Kier alpha value is -2.10. The van der Waals surface area contributed by atoms with E-state index in [-0.39, 0.29) is 10.8 Å². The third kappa shape index (κ3) is 1.70. The second kappa shape index (κ2) is 4.29. The van der Waals surface area contributed by atoms with Crippen LogP contribution < -0.4 is 0 Å². The lowest BCUT2D eigenvalue weighted by Crippen LogP contribution is -2.33. The number of nitrogens with one attached hydrogen (secondary N) is 1. The monoisotopic (exact) mass is 242 g/mol. The Morgan fingerprint density at radius 1 is 1.22 bits per heavy atom. The molecule has 0 radical (unpaired) electrons. The molecule has 0 spiro atoms. The molecular weight excluding hydrogens is 228 g/mol. The molecule has 1 N–H and O–H groups in total. The molecule has 0 aliphatic heterocycles. The van der Waals surface area contributed by atoms with E-state index in [0.717, 1.165) is 17.7 Å². The molecule has 0 saturated carbocycles. The van der Waals surface area contributed by atoms with E-state index >= 15 is 0 Å². The standard InChI is InChI=1S/C14H14N2O2/c17-16(18)13-8-7-10-4-1-2-5-11(10)14(13)12-6-3-9-15-12/h1-6,9,13-15H,7-8H2/t13-,14+/m0/s1. The number of hydrogen-bond donors (Lipinski definition) is 1. The highest BCUT2D eigenvalue weighted by Crippen LogP contribution is 2.37. The number of aromatic amines is 1. The van der Waals surface area contributed by atoms with E-state index in [1.165, 1.54) is 5.56 Å². The topological polar surface area (TPSA) is 58.9 Å². The number of rotatable bonds is 2. The fourth-order valence-corrected chi connectivity index (χ4v) is 2.88. The van der Waals surface area contributed by atoms with Gasteiger partial charge in [-0.3, -0.25) is 10.1 Å². The second-order valence-corrected chi connectivity index (χ2v) is 4.69. The summed E-state index contributed by atoms with van der Waals surface area (Å²) in [5.41, 5.74) is 3.26. The van der Waals surface area contributed by atoms with Gasteiger partial charge in [0.2, 0.25) is 6.04 Å². The lowest BCUT2D eigenvalue weighted by atomic mass is 9.78. The molecule has 4 heteroatoms. The Kier molecular flexibility index (Phi) is 2.63. The summed E-state index contributed by atoms with van der Waals surface area (Å²) >= 11 is 0. The van der Waals surface area contributed by atoms with Gasteiger partial charge in [0.25, 0.3) is 0 Å². The van der Waals surface area contributed by atoms with Crippen LogP contribution in [-0.4, -0.2) is 15.9 Å². The van der Waals surface area contributed by atoms with Gasteiger partial charge in [-0.05, 0) is 29.7 Å². The zero-order valence-corrected chi connectivity index (χ0v) is 9.87. The van der Waals surface area contributed by atoms with Crippen molar-refractivity contribution in [3.63, 3.8) is 0 Å². The molecule has 0 unspecified atom stereocenters. The van der Waals surface area contributed by atoms with Gasteiger partial charge >= 0.3 is 0 Å². The van der Waals surface area contributed by atoms with E-state index in [1.807, 2.05) is 36.5 Å². The van der Waals surface area contributed by atoms with Gasteiger partial charge in [0.15, 0.2) is 0 Å². The van der Waals surface area contributed by atoms with Crippen LogP contribution in [0.2, 0.25) is 0 Å². The number of nitrogens with zero attached hydrogens (tertiary/aromatic N) is 1. The maximum Gasteiger partial charge on any atom is 0.225 e. The van der Waals surface area contributed by atoms with Gasteiger partial charge in [-0.15, -0.1) is 0 Å². The fraction of sp³-hybridized carbons (Fsp3) is 0.286. The molecule has 1 aromatic heterocycles. The number of aryl methyl sites for hydroxylation is 1. The van der Waals surface area contributed by atoms with E-state index < -0.39 is 6.04 Å². The number of benzene rings is 1. The minimum Gasteiger partial charge on any atom is -0.364 e. The Morgan fingerprint density at radius 2 is 2.06 bits per heavy atom. The van der Waals surface area contributed by atoms with Crippen molar-refractivity contribution in [2.75, 3.05) is 0 Å². The van der Waals surface area contributed by atoms with Gasteiger partial charge < -0.3 is 4.98 Å². The van der Waals surface area contributed by atoms with E-state index in [2.05, 4.69) is 11.1 Å². The highest BCUT2D eigenvalue weighted by Gasteiger charge is 2.38. The Balaban J connectivity index is 2.12. The predicted molar refractivity (Wildman–Crippen MR) is 68.2 cm³/mol. The summed E-state index contributed by atoms with van der Waals surface area (Å²) in [4.78, 5) is 14.3. The highest BCUT2D eigenvalue weighted by molar-refractivity contribution is 5.39. The van der Waals surface area contributed by atoms with Crippen LogP contribution in [0.1, 0.15) is 29.2 Å². The minimum atomic E-state index is -0.529. The number of aromatic nitrogens is 1. The summed E-state index contributed by atoms with van der Waals surface area (Å²) < 4.78 is 0. The van der Waals surface area contributed by atoms with Crippen molar-refractivity contribution in [2.45, 2.75) is 24.8 Å². The van der Waals surface area contributed by atoms with Crippen molar-refractivity contribution in [3.8, 4) is 0 Å². The van der Waals surface area contributed by atoms with E-state index in [1.54, 1.807) is 0 Å². The van der Waals surface area contributed by atoms with E-state index in [9.17, 15) is 10.1 Å². The fourth-order valence-electron chi connectivity index (χ4n) is 2.88. The molecule has 1 aliphatic rings. The molecule has 1 heterocycles. The molecule has 2 atom stereocenters. The SMILES string of the molecule is O=[N+]([O-])[C@H]1CCc2ccccc2[C@@H]1c1ccc[nH]1. The summed E-state index contributed by atoms with van der Waals surface area (Å²) in [5, 5.41) is 11.3. The molecule has 1 aromatic carbocycles. The molecule has 92 valence electrons. The van der Waals surface area contributed by atoms with Crippen LogP contribution in [0.25, 0.3) is 0 Å². The van der Waals surface area contributed by atoms with Crippen LogP contribution in [0.15, 0.2) is 42.6 Å². The maximum absolute atomic E-state index is 11.3. The molecule has 0 fully saturated rings. The first kappa shape index (κ1) is 11.0. The Bertz CT molecular complexity index is 563. The highest BCUT2D eigenvalue weighted by atomic mass is 16.6. The number of fused-ring (bicyclic) bond motifs is 1. The van der Waals surface area contributed by atoms with Gasteiger partial charge in [0.05, 0.1) is 5.92 Å². The minimum absolute atomic E-state index is 0.137. The van der Waals surface area contributed by atoms with E-state index in [4.69, 9.17) is 0 Å². The van der Waals surface area contributed by atoms with Crippen LogP contribution >= 0.6 is 0 Å². The summed E-state index contributed by atoms with van der Waals surface area (Å²) in [6.45, 7) is 0. The maximum atomic E-state index is 11.3. The average molecular weight is 242 g/mol. The Morgan fingerprint density at radius 3 is 2.78 bits per heavy atom. The van der Waals surface area contributed by atoms with Crippen LogP contribution in [0.5, 0.6) is 0 Å². The molecule has 0 bridgehead atoms. The van der Waals surface area contributed by atoms with Crippen LogP contribution in [0.4, 0.5) is 0 Å². The first-order chi connectivity index (χ1) is 8.77. The zero-order chi connectivity index (χ0) is 12.5. The van der Waals surface area contributed by atoms with Gasteiger partial charge in [-0.1, -0.05) is 24.3 Å². The molecule has 18 heavy (non-hydrogen) atoms. The third-order valence-corrected chi connectivity index (χ3v) is 3.71. The molecule has 4 nitrogen and oxygen atoms in total. The molecular formula is C14H14N2O2. The predicted octanol–water partition coefficient (Wildman–Crippen LogP) is 2.74. The van der Waals surface area contributed by atoms with Gasteiger partial charge in [0.1, 0.15) is 0 Å². The quantitative estimate of drug-likeness (QED) is 0.650. The number of hydrogen-bond acceptors (Lipinski definition) is 2. The number of H-pyrrole nitrogens is 1. The first-order valence-corrected chi connectivity index (χ1v) is 6.12. The lowest BCUT2D eigenvalue weighted by molar-refractivity contribution is -0.526. The summed E-state index contributed by atoms with van der Waals surface area (Å²) in [7, 11) is 0. The van der Waals surface area contributed by atoms with Crippen molar-refractivity contribution >= 4 is 0 Å². The third-order valence-electron chi connectivity index (χ3n) is 3.71. The van der Waals surface area contributed by atoms with Crippen molar-refractivity contribution in [1.29, 1.82) is 0 Å². The Labute approximate surface area is 105 Å². The molecule has 1 aliphatic carbocycles. The summed E-state index contributed by atoms with van der Waals surface area (Å²) in [6, 6.07) is 11.3.